The molecule has 2 atom stereocenters. The van der Waals surface area contributed by atoms with E-state index in [1.54, 1.807) is 0 Å². The number of carboxylic acid groups (broad SMARTS) is 1. The third-order valence-corrected chi connectivity index (χ3v) is 2.14. The average molecular weight is 229 g/mol. The Balaban J connectivity index is 3.00. The van der Waals surface area contributed by atoms with E-state index in [2.05, 4.69) is 0 Å². The van der Waals surface area contributed by atoms with Crippen molar-refractivity contribution in [3.63, 3.8) is 0 Å². The van der Waals surface area contributed by atoms with Gasteiger partial charge in [-0.15, -0.1) is 0 Å². The number of aliphatic carboxylic acids is 1. The summed E-state index contributed by atoms with van der Waals surface area (Å²) in [6.45, 7) is 0. The zero-order chi connectivity index (χ0) is 12.3. The molecule has 1 aromatic rings. The van der Waals surface area contributed by atoms with Crippen molar-refractivity contribution in [2.45, 2.75) is 12.1 Å². The molecule has 1 rings (SSSR count). The fraction of sp³-hybridized carbons (Fsp3) is 0.300. The predicted molar refractivity (Wildman–Crippen MR) is 53.5 cm³/mol. The Morgan fingerprint density at radius 3 is 2.69 bits per heavy atom. The molecule has 0 saturated heterocycles. The van der Waals surface area contributed by atoms with E-state index in [1.165, 1.54) is 19.2 Å². The van der Waals surface area contributed by atoms with Crippen molar-refractivity contribution in [1.82, 2.24) is 0 Å². The minimum atomic E-state index is -1.46. The Bertz CT molecular complexity index is 396. The van der Waals surface area contributed by atoms with E-state index < -0.39 is 23.9 Å². The molecule has 5 nitrogen and oxygen atoms in total. The van der Waals surface area contributed by atoms with Crippen LogP contribution in [0.5, 0.6) is 5.75 Å². The van der Waals surface area contributed by atoms with Crippen LogP contribution in [0, 0.1) is 5.82 Å². The van der Waals surface area contributed by atoms with Gasteiger partial charge in [0, 0.05) is 0 Å². The summed E-state index contributed by atoms with van der Waals surface area (Å²) >= 11 is 0. The standard InChI is InChI=1S/C10H12FNO4/c1-16-7-4-5(2-3-6(7)11)9(13)8(12)10(14)15/h2-4,8-9,13H,12H2,1H3,(H,14,15). The third kappa shape index (κ3) is 2.47. The van der Waals surface area contributed by atoms with Crippen LogP contribution >= 0.6 is 0 Å². The van der Waals surface area contributed by atoms with Crippen LogP contribution in [0.2, 0.25) is 0 Å². The Morgan fingerprint density at radius 2 is 2.19 bits per heavy atom. The maximum Gasteiger partial charge on any atom is 0.323 e. The van der Waals surface area contributed by atoms with Gasteiger partial charge in [0.15, 0.2) is 11.6 Å². The monoisotopic (exact) mass is 229 g/mol. The van der Waals surface area contributed by atoms with E-state index in [1.807, 2.05) is 0 Å². The number of aliphatic hydroxyl groups is 1. The average Bonchev–Trinajstić information content (AvgIpc) is 2.27. The Kier molecular flexibility index (Phi) is 3.81. The van der Waals surface area contributed by atoms with Gasteiger partial charge < -0.3 is 20.7 Å². The number of carbonyl (C=O) groups is 1. The number of methoxy groups -OCH3 is 1. The molecular formula is C10H12FNO4. The van der Waals surface area contributed by atoms with Crippen molar-refractivity contribution in [3.05, 3.63) is 29.6 Å². The first-order valence-corrected chi connectivity index (χ1v) is 4.47. The molecule has 0 radical (unpaired) electrons. The number of ether oxygens (including phenoxy) is 1. The zero-order valence-corrected chi connectivity index (χ0v) is 8.55. The van der Waals surface area contributed by atoms with Gasteiger partial charge in [0.2, 0.25) is 0 Å². The third-order valence-electron chi connectivity index (χ3n) is 2.14. The molecule has 0 saturated carbocycles. The fourth-order valence-corrected chi connectivity index (χ4v) is 1.20. The molecule has 6 heteroatoms. The van der Waals surface area contributed by atoms with E-state index in [9.17, 15) is 14.3 Å². The molecule has 1 aromatic carbocycles. The highest BCUT2D eigenvalue weighted by molar-refractivity contribution is 5.74. The number of hydrogen-bond donors (Lipinski definition) is 3. The summed E-state index contributed by atoms with van der Waals surface area (Å²) in [4.78, 5) is 10.5. The maximum atomic E-state index is 13.0. The molecule has 0 fully saturated rings. The van der Waals surface area contributed by atoms with Crippen LogP contribution in [-0.4, -0.2) is 29.3 Å². The maximum absolute atomic E-state index is 13.0. The predicted octanol–water partition coefficient (Wildman–Crippen LogP) is 0.280. The summed E-state index contributed by atoms with van der Waals surface area (Å²) in [5.74, 6) is -2.01. The zero-order valence-electron chi connectivity index (χ0n) is 8.55. The van der Waals surface area contributed by atoms with Crippen LogP contribution in [0.25, 0.3) is 0 Å². The number of halogens is 1. The lowest BCUT2D eigenvalue weighted by Gasteiger charge is -2.16. The molecule has 0 heterocycles. The van der Waals surface area contributed by atoms with E-state index in [0.29, 0.717) is 0 Å². The lowest BCUT2D eigenvalue weighted by atomic mass is 10.0. The normalized spacial score (nSPS) is 14.2. The molecule has 4 N–H and O–H groups in total. The molecule has 0 aliphatic carbocycles. The summed E-state index contributed by atoms with van der Waals surface area (Å²) in [6, 6.07) is 2.08. The SMILES string of the molecule is COc1cc(C(O)C(N)C(=O)O)ccc1F. The first-order chi connectivity index (χ1) is 7.47. The molecule has 88 valence electrons. The number of rotatable bonds is 4. The van der Waals surface area contributed by atoms with Crippen molar-refractivity contribution in [2.24, 2.45) is 5.73 Å². The smallest absolute Gasteiger partial charge is 0.323 e. The quantitative estimate of drug-likeness (QED) is 0.689. The second-order valence-electron chi connectivity index (χ2n) is 3.20. The van der Waals surface area contributed by atoms with Gasteiger partial charge in [0.1, 0.15) is 12.1 Å². The van der Waals surface area contributed by atoms with E-state index in [4.69, 9.17) is 15.6 Å². The Hall–Kier alpha value is -1.66. The number of carboxylic acids is 1. The Labute approximate surface area is 91.3 Å². The second-order valence-corrected chi connectivity index (χ2v) is 3.20. The van der Waals surface area contributed by atoms with Gasteiger partial charge in [-0.1, -0.05) is 6.07 Å². The van der Waals surface area contributed by atoms with Crippen molar-refractivity contribution in [2.75, 3.05) is 7.11 Å². The minimum Gasteiger partial charge on any atom is -0.494 e. The van der Waals surface area contributed by atoms with Crippen molar-refractivity contribution < 1.29 is 24.1 Å². The molecule has 0 aliphatic rings. The molecule has 0 amide bonds. The summed E-state index contributed by atoms with van der Waals surface area (Å²) in [6.07, 6.45) is -1.41. The van der Waals surface area contributed by atoms with Crippen LogP contribution in [0.3, 0.4) is 0 Å². The number of hydrogen-bond acceptors (Lipinski definition) is 4. The lowest BCUT2D eigenvalue weighted by molar-refractivity contribution is -0.141. The van der Waals surface area contributed by atoms with E-state index in [0.717, 1.165) is 6.07 Å². The summed E-state index contributed by atoms with van der Waals surface area (Å²) in [5.41, 5.74) is 5.43. The second kappa shape index (κ2) is 4.91. The molecule has 16 heavy (non-hydrogen) atoms. The van der Waals surface area contributed by atoms with Crippen LogP contribution in [0.15, 0.2) is 18.2 Å². The largest absolute Gasteiger partial charge is 0.494 e. The first kappa shape index (κ1) is 12.4. The van der Waals surface area contributed by atoms with Gasteiger partial charge in [0.25, 0.3) is 0 Å². The summed E-state index contributed by atoms with van der Waals surface area (Å²) < 4.78 is 17.7. The van der Waals surface area contributed by atoms with Gasteiger partial charge in [-0.3, -0.25) is 4.79 Å². The minimum absolute atomic E-state index is 0.0749. The topological polar surface area (TPSA) is 92.8 Å². The molecule has 0 bridgehead atoms. The number of benzene rings is 1. The molecule has 0 aromatic heterocycles. The van der Waals surface area contributed by atoms with Crippen LogP contribution < -0.4 is 10.5 Å². The van der Waals surface area contributed by atoms with Crippen LogP contribution in [-0.2, 0) is 4.79 Å². The van der Waals surface area contributed by atoms with Gasteiger partial charge in [-0.25, -0.2) is 4.39 Å². The van der Waals surface area contributed by atoms with Gasteiger partial charge in [0.05, 0.1) is 7.11 Å². The highest BCUT2D eigenvalue weighted by Crippen LogP contribution is 2.23. The van der Waals surface area contributed by atoms with Crippen LogP contribution in [0.4, 0.5) is 4.39 Å². The number of nitrogens with two attached hydrogens (primary N) is 1. The lowest BCUT2D eigenvalue weighted by Crippen LogP contribution is -2.36. The fourth-order valence-electron chi connectivity index (χ4n) is 1.20. The van der Waals surface area contributed by atoms with Gasteiger partial charge in [-0.2, -0.15) is 0 Å². The van der Waals surface area contributed by atoms with E-state index in [-0.39, 0.29) is 11.3 Å². The molecular weight excluding hydrogens is 217 g/mol. The van der Waals surface area contributed by atoms with Crippen molar-refractivity contribution >= 4 is 5.97 Å². The molecule has 0 spiro atoms. The van der Waals surface area contributed by atoms with Crippen molar-refractivity contribution in [3.8, 4) is 5.75 Å². The highest BCUT2D eigenvalue weighted by atomic mass is 19.1. The van der Waals surface area contributed by atoms with Gasteiger partial charge >= 0.3 is 5.97 Å². The summed E-state index contributed by atoms with van der Waals surface area (Å²) in [7, 11) is 1.27. The molecule has 2 unspecified atom stereocenters. The molecule has 0 aliphatic heterocycles. The van der Waals surface area contributed by atoms with E-state index >= 15 is 0 Å². The van der Waals surface area contributed by atoms with Gasteiger partial charge in [-0.05, 0) is 17.7 Å². The summed E-state index contributed by atoms with van der Waals surface area (Å²) in [5, 5.41) is 18.2. The highest BCUT2D eigenvalue weighted by Gasteiger charge is 2.24. The number of aliphatic hydroxyl groups excluding tert-OH is 1. The first-order valence-electron chi connectivity index (χ1n) is 4.47. The Morgan fingerprint density at radius 1 is 1.56 bits per heavy atom. The van der Waals surface area contributed by atoms with Crippen LogP contribution in [0.1, 0.15) is 11.7 Å². The van der Waals surface area contributed by atoms with Crippen molar-refractivity contribution in [1.29, 1.82) is 0 Å².